The Morgan fingerprint density at radius 1 is 1.05 bits per heavy atom. The molecule has 3 aliphatic rings. The van der Waals surface area contributed by atoms with E-state index in [-0.39, 0.29) is 35.5 Å². The Morgan fingerprint density at radius 2 is 1.59 bits per heavy atom. The van der Waals surface area contributed by atoms with Crippen molar-refractivity contribution in [3.05, 3.63) is 47.5 Å². The van der Waals surface area contributed by atoms with E-state index in [1.807, 2.05) is 31.2 Å². The average Bonchev–Trinajstić information content (AvgIpc) is 3.17. The predicted octanol–water partition coefficient (Wildman–Crippen LogP) is 1.45. The zero-order valence-electron chi connectivity index (χ0n) is 12.2. The number of carbonyl (C=O) groups is 3. The maximum absolute atomic E-state index is 12.5. The summed E-state index contributed by atoms with van der Waals surface area (Å²) in [6.45, 7) is 1.93. The van der Waals surface area contributed by atoms with E-state index in [0.717, 1.165) is 17.0 Å². The van der Waals surface area contributed by atoms with Crippen LogP contribution in [-0.4, -0.2) is 22.7 Å². The number of aryl methyl sites for hydroxylation is 1. The number of allylic oxidation sites excluding steroid dienone is 2. The number of hydrazine groups is 1. The summed E-state index contributed by atoms with van der Waals surface area (Å²) in [5.41, 5.74) is 3.96. The summed E-state index contributed by atoms with van der Waals surface area (Å²) >= 11 is 0. The second kappa shape index (κ2) is 4.53. The standard InChI is InChI=1S/C17H16N2O3/c1-9-2-4-10(5-3-9)15(20)18-19-16(21)13-11-6-7-12(8-11)14(13)17(19)22/h2-7,11-14H,8H2,1H3,(H,18,20)/t11-,12+,13-,14-/m1/s1. The summed E-state index contributed by atoms with van der Waals surface area (Å²) in [6.07, 6.45) is 4.94. The molecule has 1 heterocycles. The first-order valence-corrected chi connectivity index (χ1v) is 7.50. The second-order valence-corrected chi connectivity index (χ2v) is 6.32. The van der Waals surface area contributed by atoms with Crippen LogP contribution in [0.4, 0.5) is 0 Å². The Labute approximate surface area is 128 Å². The normalized spacial score (nSPS) is 31.8. The molecule has 1 aromatic carbocycles. The van der Waals surface area contributed by atoms with Gasteiger partial charge in [-0.15, -0.1) is 0 Å². The number of carbonyl (C=O) groups excluding carboxylic acids is 3. The molecule has 112 valence electrons. The van der Waals surface area contributed by atoms with Gasteiger partial charge in [0.05, 0.1) is 11.8 Å². The smallest absolute Gasteiger partial charge is 0.270 e. The van der Waals surface area contributed by atoms with Crippen molar-refractivity contribution in [3.8, 4) is 0 Å². The first kappa shape index (κ1) is 13.2. The Balaban J connectivity index is 1.54. The Hall–Kier alpha value is -2.43. The molecule has 1 saturated heterocycles. The summed E-state index contributed by atoms with van der Waals surface area (Å²) in [5.74, 6) is -1.26. The van der Waals surface area contributed by atoms with Crippen LogP contribution in [0.25, 0.3) is 0 Å². The van der Waals surface area contributed by atoms with Gasteiger partial charge in [-0.25, -0.2) is 0 Å². The first-order chi connectivity index (χ1) is 10.6. The van der Waals surface area contributed by atoms with Gasteiger partial charge in [-0.05, 0) is 37.3 Å². The molecule has 5 heteroatoms. The molecular formula is C17H16N2O3. The molecule has 2 bridgehead atoms. The molecule has 4 rings (SSSR count). The summed E-state index contributed by atoms with van der Waals surface area (Å²) in [6, 6.07) is 7.01. The van der Waals surface area contributed by atoms with Crippen molar-refractivity contribution >= 4 is 17.7 Å². The topological polar surface area (TPSA) is 66.5 Å². The minimum absolute atomic E-state index is 0.146. The van der Waals surface area contributed by atoms with Crippen molar-refractivity contribution in [1.29, 1.82) is 0 Å². The lowest BCUT2D eigenvalue weighted by Crippen LogP contribution is -2.47. The summed E-state index contributed by atoms with van der Waals surface area (Å²) in [4.78, 5) is 37.2. The lowest BCUT2D eigenvalue weighted by Gasteiger charge is -2.18. The molecule has 5 nitrogen and oxygen atoms in total. The number of rotatable bonds is 2. The van der Waals surface area contributed by atoms with E-state index in [1.54, 1.807) is 12.1 Å². The van der Waals surface area contributed by atoms with E-state index >= 15 is 0 Å². The van der Waals surface area contributed by atoms with Crippen molar-refractivity contribution in [3.63, 3.8) is 0 Å². The van der Waals surface area contributed by atoms with Gasteiger partial charge >= 0.3 is 0 Å². The van der Waals surface area contributed by atoms with E-state index < -0.39 is 5.91 Å². The number of hydrogen-bond donors (Lipinski definition) is 1. The fourth-order valence-corrected chi connectivity index (χ4v) is 3.88. The van der Waals surface area contributed by atoms with Crippen molar-refractivity contribution in [2.75, 3.05) is 0 Å². The lowest BCUT2D eigenvalue weighted by molar-refractivity contribution is -0.143. The zero-order valence-corrected chi connectivity index (χ0v) is 12.2. The molecule has 1 N–H and O–H groups in total. The molecule has 1 aliphatic heterocycles. The monoisotopic (exact) mass is 296 g/mol. The maximum atomic E-state index is 12.5. The third kappa shape index (κ3) is 1.75. The van der Waals surface area contributed by atoms with E-state index in [1.165, 1.54) is 0 Å². The molecule has 2 aliphatic carbocycles. The fraction of sp³-hybridized carbons (Fsp3) is 0.353. The van der Waals surface area contributed by atoms with Crippen LogP contribution in [0.3, 0.4) is 0 Å². The third-order valence-corrected chi connectivity index (χ3v) is 5.00. The minimum atomic E-state index is -0.429. The number of hydrogen-bond acceptors (Lipinski definition) is 3. The van der Waals surface area contributed by atoms with E-state index in [9.17, 15) is 14.4 Å². The second-order valence-electron chi connectivity index (χ2n) is 6.32. The van der Waals surface area contributed by atoms with Crippen LogP contribution in [0, 0.1) is 30.6 Å². The van der Waals surface area contributed by atoms with Gasteiger partial charge in [-0.2, -0.15) is 5.01 Å². The molecule has 2 fully saturated rings. The fourth-order valence-electron chi connectivity index (χ4n) is 3.88. The van der Waals surface area contributed by atoms with Crippen LogP contribution in [0.15, 0.2) is 36.4 Å². The van der Waals surface area contributed by atoms with Gasteiger partial charge in [0.25, 0.3) is 17.7 Å². The van der Waals surface area contributed by atoms with E-state index in [2.05, 4.69) is 5.43 Å². The van der Waals surface area contributed by atoms with Gasteiger partial charge in [0.2, 0.25) is 0 Å². The quantitative estimate of drug-likeness (QED) is 0.663. The van der Waals surface area contributed by atoms with Gasteiger partial charge in [0, 0.05) is 5.56 Å². The van der Waals surface area contributed by atoms with Crippen molar-refractivity contribution < 1.29 is 14.4 Å². The van der Waals surface area contributed by atoms with Gasteiger partial charge in [0.1, 0.15) is 0 Å². The highest BCUT2D eigenvalue weighted by Gasteiger charge is 2.59. The zero-order chi connectivity index (χ0) is 15.4. The van der Waals surface area contributed by atoms with Crippen LogP contribution in [-0.2, 0) is 9.59 Å². The van der Waals surface area contributed by atoms with Gasteiger partial charge in [-0.3, -0.25) is 19.8 Å². The maximum Gasteiger partial charge on any atom is 0.270 e. The molecule has 1 saturated carbocycles. The van der Waals surface area contributed by atoms with Gasteiger partial charge in [-0.1, -0.05) is 29.8 Å². The molecule has 0 aromatic heterocycles. The van der Waals surface area contributed by atoms with Crippen LogP contribution in [0.5, 0.6) is 0 Å². The van der Waals surface area contributed by atoms with Crippen LogP contribution < -0.4 is 5.43 Å². The van der Waals surface area contributed by atoms with Gasteiger partial charge in [0.15, 0.2) is 0 Å². The summed E-state index contributed by atoms with van der Waals surface area (Å²) < 4.78 is 0. The summed E-state index contributed by atoms with van der Waals surface area (Å²) in [5, 5.41) is 0.934. The van der Waals surface area contributed by atoms with Crippen LogP contribution >= 0.6 is 0 Å². The predicted molar refractivity (Wildman–Crippen MR) is 78.2 cm³/mol. The highest BCUT2D eigenvalue weighted by atomic mass is 16.2. The molecule has 3 amide bonds. The summed E-state index contributed by atoms with van der Waals surface area (Å²) in [7, 11) is 0. The number of amides is 3. The van der Waals surface area contributed by atoms with Crippen molar-refractivity contribution in [2.45, 2.75) is 13.3 Å². The molecule has 1 aromatic rings. The number of nitrogens with one attached hydrogen (secondary N) is 1. The lowest BCUT2D eigenvalue weighted by atomic mass is 9.85. The number of fused-ring (bicyclic) bond motifs is 5. The molecule has 22 heavy (non-hydrogen) atoms. The Morgan fingerprint density at radius 3 is 2.14 bits per heavy atom. The number of nitrogens with zero attached hydrogens (tertiary/aromatic N) is 1. The Kier molecular flexibility index (Phi) is 2.73. The number of imide groups is 1. The van der Waals surface area contributed by atoms with Gasteiger partial charge < -0.3 is 0 Å². The molecular weight excluding hydrogens is 280 g/mol. The molecule has 0 spiro atoms. The Bertz CT molecular complexity index is 677. The highest BCUT2D eigenvalue weighted by Crippen LogP contribution is 2.52. The largest absolute Gasteiger partial charge is 0.272 e. The van der Waals surface area contributed by atoms with Crippen LogP contribution in [0.2, 0.25) is 0 Å². The average molecular weight is 296 g/mol. The number of benzene rings is 1. The highest BCUT2D eigenvalue weighted by molar-refractivity contribution is 6.08. The SMILES string of the molecule is Cc1ccc(C(=O)NN2C(=O)[C@H]3[C@H](C2=O)[C@H]2C=C[C@@H]3C2)cc1. The molecule has 0 unspecified atom stereocenters. The van der Waals surface area contributed by atoms with E-state index in [0.29, 0.717) is 5.56 Å². The third-order valence-electron chi connectivity index (χ3n) is 5.00. The minimum Gasteiger partial charge on any atom is -0.272 e. The van der Waals surface area contributed by atoms with Crippen molar-refractivity contribution in [2.24, 2.45) is 23.7 Å². The molecule has 4 atom stereocenters. The van der Waals surface area contributed by atoms with Crippen LogP contribution in [0.1, 0.15) is 22.3 Å². The van der Waals surface area contributed by atoms with E-state index in [4.69, 9.17) is 0 Å². The first-order valence-electron chi connectivity index (χ1n) is 7.50. The van der Waals surface area contributed by atoms with Crippen molar-refractivity contribution in [1.82, 2.24) is 10.4 Å². The molecule has 0 radical (unpaired) electrons.